The van der Waals surface area contributed by atoms with Gasteiger partial charge in [-0.25, -0.2) is 18.0 Å². The van der Waals surface area contributed by atoms with Crippen molar-refractivity contribution in [1.29, 1.82) is 0 Å². The van der Waals surface area contributed by atoms with Crippen LogP contribution in [0.2, 0.25) is 0 Å². The molecule has 10 heteroatoms. The Morgan fingerprint density at radius 1 is 0.968 bits per heavy atom. The quantitative estimate of drug-likeness (QED) is 0.168. The standard InChI is InChI=1S/C21H15F5O5/c1-7(2)18-17(27)10-5-6-11(8(3)19(10)31-18)30-21(28)9(4)29-20-15(25)13(23)12(22)14(24)16(20)26/h5-6,9H,1-4H3. The number of fused-ring (bicyclic) bond motifs is 1. The molecule has 1 aliphatic rings. The topological polar surface area (TPSA) is 61.8 Å². The maximum Gasteiger partial charge on any atom is 0.352 e. The van der Waals surface area contributed by atoms with Gasteiger partial charge in [0.15, 0.2) is 17.6 Å². The normalized spacial score (nSPS) is 13.6. The van der Waals surface area contributed by atoms with Gasteiger partial charge in [-0.15, -0.1) is 0 Å². The maximum atomic E-state index is 13.8. The molecule has 0 amide bonds. The number of hydrogen-bond acceptors (Lipinski definition) is 5. The van der Waals surface area contributed by atoms with Crippen molar-refractivity contribution in [2.45, 2.75) is 33.8 Å². The lowest BCUT2D eigenvalue weighted by atomic mass is 10.1. The first kappa shape index (κ1) is 22.3. The molecule has 5 nitrogen and oxygen atoms in total. The van der Waals surface area contributed by atoms with Gasteiger partial charge in [0, 0.05) is 5.56 Å². The summed E-state index contributed by atoms with van der Waals surface area (Å²) in [5.74, 6) is -14.0. The van der Waals surface area contributed by atoms with Crippen LogP contribution < -0.4 is 14.2 Å². The summed E-state index contributed by atoms with van der Waals surface area (Å²) < 4.78 is 82.6. The zero-order valence-corrected chi connectivity index (χ0v) is 16.7. The van der Waals surface area contributed by atoms with Crippen LogP contribution in [0.5, 0.6) is 17.2 Å². The van der Waals surface area contributed by atoms with Crippen LogP contribution in [-0.4, -0.2) is 17.9 Å². The molecule has 0 N–H and O–H groups in total. The van der Waals surface area contributed by atoms with Gasteiger partial charge < -0.3 is 14.2 Å². The molecule has 0 aromatic heterocycles. The predicted molar refractivity (Wildman–Crippen MR) is 96.5 cm³/mol. The first-order valence-corrected chi connectivity index (χ1v) is 8.89. The van der Waals surface area contributed by atoms with Crippen molar-refractivity contribution in [2.75, 3.05) is 0 Å². The summed E-state index contributed by atoms with van der Waals surface area (Å²) in [6, 6.07) is 2.69. The highest BCUT2D eigenvalue weighted by Crippen LogP contribution is 2.39. The molecule has 0 fully saturated rings. The average molecular weight is 442 g/mol. The maximum absolute atomic E-state index is 13.8. The van der Waals surface area contributed by atoms with Crippen molar-refractivity contribution in [1.82, 2.24) is 0 Å². The highest BCUT2D eigenvalue weighted by atomic mass is 19.2. The number of rotatable bonds is 4. The van der Waals surface area contributed by atoms with Gasteiger partial charge in [0.25, 0.3) is 0 Å². The minimum Gasteiger partial charge on any atom is -0.473 e. The average Bonchev–Trinajstić information content (AvgIpc) is 3.07. The largest absolute Gasteiger partial charge is 0.473 e. The third-order valence-corrected chi connectivity index (χ3v) is 4.47. The first-order chi connectivity index (χ1) is 14.5. The van der Waals surface area contributed by atoms with E-state index in [0.717, 1.165) is 6.92 Å². The lowest BCUT2D eigenvalue weighted by Crippen LogP contribution is -2.29. The zero-order valence-electron chi connectivity index (χ0n) is 16.7. The highest BCUT2D eigenvalue weighted by Gasteiger charge is 2.33. The van der Waals surface area contributed by atoms with Gasteiger partial charge in [0.1, 0.15) is 11.5 Å². The summed E-state index contributed by atoms with van der Waals surface area (Å²) in [7, 11) is 0. The van der Waals surface area contributed by atoms with Crippen LogP contribution in [-0.2, 0) is 4.79 Å². The van der Waals surface area contributed by atoms with Gasteiger partial charge in [0.05, 0.1) is 5.56 Å². The summed E-state index contributed by atoms with van der Waals surface area (Å²) in [6.45, 7) is 5.89. The van der Waals surface area contributed by atoms with Crippen LogP contribution in [0.4, 0.5) is 22.0 Å². The van der Waals surface area contributed by atoms with Crippen LogP contribution >= 0.6 is 0 Å². The molecule has 2 aromatic carbocycles. The molecule has 164 valence electrons. The van der Waals surface area contributed by atoms with E-state index < -0.39 is 46.9 Å². The molecular formula is C21H15F5O5. The van der Waals surface area contributed by atoms with E-state index in [1.54, 1.807) is 13.8 Å². The fraction of sp³-hybridized carbons (Fsp3) is 0.238. The van der Waals surface area contributed by atoms with Crippen LogP contribution in [0.3, 0.4) is 0 Å². The van der Waals surface area contributed by atoms with Gasteiger partial charge in [-0.1, -0.05) is 0 Å². The van der Waals surface area contributed by atoms with Gasteiger partial charge >= 0.3 is 5.97 Å². The smallest absolute Gasteiger partial charge is 0.352 e. The molecule has 1 unspecified atom stereocenters. The molecular weight excluding hydrogens is 427 g/mol. The summed E-state index contributed by atoms with van der Waals surface area (Å²) in [5.41, 5.74) is 1.20. The number of allylic oxidation sites excluding steroid dienone is 2. The second-order valence-corrected chi connectivity index (χ2v) is 6.91. The Morgan fingerprint density at radius 2 is 1.52 bits per heavy atom. The summed E-state index contributed by atoms with van der Waals surface area (Å²) in [5, 5.41) is 0. The molecule has 1 aliphatic heterocycles. The number of Topliss-reactive ketones (excluding diaryl/α,β-unsaturated/α-hetero) is 1. The van der Waals surface area contributed by atoms with E-state index in [9.17, 15) is 31.5 Å². The van der Waals surface area contributed by atoms with Crippen molar-refractivity contribution in [3.05, 3.63) is 63.7 Å². The van der Waals surface area contributed by atoms with Crippen LogP contribution in [0.25, 0.3) is 0 Å². The van der Waals surface area contributed by atoms with Crippen molar-refractivity contribution in [3.63, 3.8) is 0 Å². The monoisotopic (exact) mass is 442 g/mol. The number of ether oxygens (including phenoxy) is 3. The lowest BCUT2D eigenvalue weighted by molar-refractivity contribution is -0.141. The van der Waals surface area contributed by atoms with Gasteiger partial charge in [-0.3, -0.25) is 4.79 Å². The molecule has 0 spiro atoms. The van der Waals surface area contributed by atoms with Crippen LogP contribution in [0.1, 0.15) is 36.7 Å². The van der Waals surface area contributed by atoms with Crippen LogP contribution in [0.15, 0.2) is 23.5 Å². The van der Waals surface area contributed by atoms with E-state index in [1.807, 2.05) is 0 Å². The van der Waals surface area contributed by atoms with Crippen molar-refractivity contribution in [3.8, 4) is 17.2 Å². The third-order valence-electron chi connectivity index (χ3n) is 4.47. The van der Waals surface area contributed by atoms with Crippen LogP contribution in [0, 0.1) is 36.0 Å². The van der Waals surface area contributed by atoms with Gasteiger partial charge in [-0.2, -0.15) is 8.78 Å². The number of benzene rings is 2. The molecule has 1 atom stereocenters. The first-order valence-electron chi connectivity index (χ1n) is 8.89. The Hall–Kier alpha value is -3.43. The Kier molecular flexibility index (Phi) is 5.75. The minimum absolute atomic E-state index is 0.0422. The van der Waals surface area contributed by atoms with E-state index in [-0.39, 0.29) is 28.6 Å². The number of halogens is 5. The summed E-state index contributed by atoms with van der Waals surface area (Å²) in [6.07, 6.45) is -1.74. The predicted octanol–water partition coefficient (Wildman–Crippen LogP) is 4.93. The van der Waals surface area contributed by atoms with E-state index in [0.29, 0.717) is 11.1 Å². The third kappa shape index (κ3) is 3.73. The molecule has 31 heavy (non-hydrogen) atoms. The Labute approximate surface area is 173 Å². The molecule has 1 heterocycles. The van der Waals surface area contributed by atoms with Crippen molar-refractivity contribution >= 4 is 11.8 Å². The molecule has 0 radical (unpaired) electrons. The summed E-state index contributed by atoms with van der Waals surface area (Å²) in [4.78, 5) is 24.6. The highest BCUT2D eigenvalue weighted by molar-refractivity contribution is 6.13. The number of carbonyl (C=O) groups excluding carboxylic acids is 2. The van der Waals surface area contributed by atoms with Gasteiger partial charge in [-0.05, 0) is 45.4 Å². The molecule has 0 aliphatic carbocycles. The van der Waals surface area contributed by atoms with E-state index in [1.165, 1.54) is 19.1 Å². The minimum atomic E-state index is -2.35. The lowest BCUT2D eigenvalue weighted by Gasteiger charge is -2.16. The fourth-order valence-corrected chi connectivity index (χ4v) is 2.80. The Bertz CT molecular complexity index is 1120. The molecule has 0 saturated heterocycles. The number of esters is 1. The van der Waals surface area contributed by atoms with Crippen molar-refractivity contribution < 1.29 is 45.8 Å². The second-order valence-electron chi connectivity index (χ2n) is 6.91. The Balaban J connectivity index is 1.84. The fourth-order valence-electron chi connectivity index (χ4n) is 2.80. The SMILES string of the molecule is CC(C)=C1Oc2c(ccc(OC(=O)C(C)Oc3c(F)c(F)c(F)c(F)c3F)c2C)C1=O. The van der Waals surface area contributed by atoms with E-state index in [4.69, 9.17) is 9.47 Å². The number of hydrogen-bond donors (Lipinski definition) is 0. The Morgan fingerprint density at radius 3 is 2.06 bits per heavy atom. The number of ketones is 1. The van der Waals surface area contributed by atoms with Gasteiger partial charge in [0.2, 0.25) is 34.9 Å². The second kappa shape index (κ2) is 8.01. The molecule has 0 bridgehead atoms. The molecule has 0 saturated carbocycles. The molecule has 2 aromatic rings. The number of carbonyl (C=O) groups is 2. The van der Waals surface area contributed by atoms with E-state index in [2.05, 4.69) is 4.74 Å². The summed E-state index contributed by atoms with van der Waals surface area (Å²) >= 11 is 0. The zero-order chi connectivity index (χ0) is 23.2. The molecule has 3 rings (SSSR count). The van der Waals surface area contributed by atoms with Crippen molar-refractivity contribution in [2.24, 2.45) is 0 Å². The van der Waals surface area contributed by atoms with E-state index >= 15 is 0 Å².